The standard InChI is InChI=1S/C18H30O4/c1-7-8-18(6,10(2)3)17(20)22-14-11(4)9-13-12(5)16(19)21-15(13)14/h10-15H,7-9H2,1-6H3. The smallest absolute Gasteiger partial charge is 0.312 e. The van der Waals surface area contributed by atoms with Crippen molar-refractivity contribution in [3.05, 3.63) is 0 Å². The Morgan fingerprint density at radius 2 is 2.05 bits per heavy atom. The zero-order valence-electron chi connectivity index (χ0n) is 14.7. The maximum absolute atomic E-state index is 12.8. The van der Waals surface area contributed by atoms with Crippen molar-refractivity contribution in [1.29, 1.82) is 0 Å². The summed E-state index contributed by atoms with van der Waals surface area (Å²) < 4.78 is 11.4. The highest BCUT2D eigenvalue weighted by atomic mass is 16.6. The Bertz CT molecular complexity index is 444. The molecular formula is C18H30O4. The van der Waals surface area contributed by atoms with Gasteiger partial charge in [0.2, 0.25) is 0 Å². The summed E-state index contributed by atoms with van der Waals surface area (Å²) in [5.74, 6) is 0.283. The van der Waals surface area contributed by atoms with Gasteiger partial charge in [0.05, 0.1) is 11.3 Å². The number of ether oxygens (including phenoxy) is 2. The fourth-order valence-corrected chi connectivity index (χ4v) is 3.91. The minimum Gasteiger partial charge on any atom is -0.458 e. The van der Waals surface area contributed by atoms with Crippen LogP contribution in [0.4, 0.5) is 0 Å². The second kappa shape index (κ2) is 6.21. The zero-order chi connectivity index (χ0) is 16.7. The average Bonchev–Trinajstić information content (AvgIpc) is 2.88. The van der Waals surface area contributed by atoms with Crippen molar-refractivity contribution < 1.29 is 19.1 Å². The molecule has 0 aromatic heterocycles. The fraction of sp³-hybridized carbons (Fsp3) is 0.889. The molecule has 2 rings (SSSR count). The number of carbonyl (C=O) groups is 2. The molecule has 0 N–H and O–H groups in total. The molecule has 0 radical (unpaired) electrons. The SMILES string of the molecule is CCCC(C)(C(=O)OC1C(C)CC2C(C)C(=O)OC21)C(C)C. The van der Waals surface area contributed by atoms with Crippen LogP contribution in [0.15, 0.2) is 0 Å². The molecule has 1 aliphatic carbocycles. The number of hydrogen-bond donors (Lipinski definition) is 0. The van der Waals surface area contributed by atoms with Crippen molar-refractivity contribution in [2.75, 3.05) is 0 Å². The van der Waals surface area contributed by atoms with Gasteiger partial charge in [-0.15, -0.1) is 0 Å². The third-order valence-electron chi connectivity index (χ3n) is 5.97. The van der Waals surface area contributed by atoms with Crippen LogP contribution in [-0.2, 0) is 19.1 Å². The van der Waals surface area contributed by atoms with Crippen molar-refractivity contribution in [2.45, 2.75) is 73.0 Å². The van der Waals surface area contributed by atoms with Crippen molar-refractivity contribution in [3.63, 3.8) is 0 Å². The van der Waals surface area contributed by atoms with E-state index in [2.05, 4.69) is 27.7 Å². The minimum atomic E-state index is -0.471. The van der Waals surface area contributed by atoms with Crippen molar-refractivity contribution >= 4 is 11.9 Å². The van der Waals surface area contributed by atoms with Crippen LogP contribution < -0.4 is 0 Å². The lowest BCUT2D eigenvalue weighted by molar-refractivity contribution is -0.174. The number of esters is 2. The predicted molar refractivity (Wildman–Crippen MR) is 84.0 cm³/mol. The maximum atomic E-state index is 12.8. The molecule has 1 aliphatic heterocycles. The molecule has 0 bridgehead atoms. The van der Waals surface area contributed by atoms with E-state index in [-0.39, 0.29) is 47.8 Å². The highest BCUT2D eigenvalue weighted by molar-refractivity contribution is 5.78. The summed E-state index contributed by atoms with van der Waals surface area (Å²) in [5.41, 5.74) is -0.471. The molecule has 0 amide bonds. The molecule has 6 unspecified atom stereocenters. The molecule has 126 valence electrons. The topological polar surface area (TPSA) is 52.6 Å². The lowest BCUT2D eigenvalue weighted by Crippen LogP contribution is -2.41. The molecule has 22 heavy (non-hydrogen) atoms. The highest BCUT2D eigenvalue weighted by Crippen LogP contribution is 2.46. The van der Waals surface area contributed by atoms with E-state index in [1.165, 1.54) is 0 Å². The molecule has 1 saturated heterocycles. The summed E-state index contributed by atoms with van der Waals surface area (Å²) in [4.78, 5) is 24.6. The number of fused-ring (bicyclic) bond motifs is 1. The first-order chi connectivity index (χ1) is 10.2. The zero-order valence-corrected chi connectivity index (χ0v) is 14.7. The van der Waals surface area contributed by atoms with Gasteiger partial charge in [-0.3, -0.25) is 9.59 Å². The van der Waals surface area contributed by atoms with E-state index in [0.29, 0.717) is 0 Å². The van der Waals surface area contributed by atoms with Gasteiger partial charge >= 0.3 is 11.9 Å². The summed E-state index contributed by atoms with van der Waals surface area (Å²) in [5, 5.41) is 0. The molecule has 4 heteroatoms. The first-order valence-corrected chi connectivity index (χ1v) is 8.64. The van der Waals surface area contributed by atoms with Gasteiger partial charge in [-0.05, 0) is 31.6 Å². The van der Waals surface area contributed by atoms with Crippen LogP contribution in [0.5, 0.6) is 0 Å². The molecule has 2 fully saturated rings. The van der Waals surface area contributed by atoms with Crippen LogP contribution in [-0.4, -0.2) is 24.1 Å². The summed E-state index contributed by atoms with van der Waals surface area (Å²) >= 11 is 0. The number of rotatable bonds is 5. The largest absolute Gasteiger partial charge is 0.458 e. The second-order valence-electron chi connectivity index (χ2n) is 7.76. The van der Waals surface area contributed by atoms with Crippen molar-refractivity contribution in [2.24, 2.45) is 29.1 Å². The van der Waals surface area contributed by atoms with Crippen LogP contribution >= 0.6 is 0 Å². The molecule has 6 atom stereocenters. The molecule has 1 heterocycles. The van der Waals surface area contributed by atoms with Crippen LogP contribution in [0, 0.1) is 29.1 Å². The normalized spacial score (nSPS) is 36.9. The van der Waals surface area contributed by atoms with Gasteiger partial charge in [0.25, 0.3) is 0 Å². The van der Waals surface area contributed by atoms with Gasteiger partial charge < -0.3 is 9.47 Å². The number of carbonyl (C=O) groups excluding carboxylic acids is 2. The average molecular weight is 310 g/mol. The Hall–Kier alpha value is -1.06. The first kappa shape index (κ1) is 17.3. The van der Waals surface area contributed by atoms with E-state index in [9.17, 15) is 9.59 Å². The van der Waals surface area contributed by atoms with E-state index < -0.39 is 5.41 Å². The molecule has 1 saturated carbocycles. The Morgan fingerprint density at radius 3 is 2.59 bits per heavy atom. The Kier molecular flexibility index (Phi) is 4.88. The maximum Gasteiger partial charge on any atom is 0.312 e. The summed E-state index contributed by atoms with van der Waals surface area (Å²) in [7, 11) is 0. The molecule has 2 aliphatic rings. The fourth-order valence-electron chi connectivity index (χ4n) is 3.91. The van der Waals surface area contributed by atoms with Gasteiger partial charge in [-0.2, -0.15) is 0 Å². The Balaban J connectivity index is 2.12. The quantitative estimate of drug-likeness (QED) is 0.728. The second-order valence-corrected chi connectivity index (χ2v) is 7.76. The Morgan fingerprint density at radius 1 is 1.41 bits per heavy atom. The van der Waals surface area contributed by atoms with E-state index in [1.807, 2.05) is 13.8 Å². The van der Waals surface area contributed by atoms with Crippen molar-refractivity contribution in [3.8, 4) is 0 Å². The van der Waals surface area contributed by atoms with Crippen LogP contribution in [0.3, 0.4) is 0 Å². The van der Waals surface area contributed by atoms with Gasteiger partial charge in [0, 0.05) is 5.92 Å². The first-order valence-electron chi connectivity index (χ1n) is 8.64. The lowest BCUT2D eigenvalue weighted by atomic mass is 9.75. The van der Waals surface area contributed by atoms with Crippen LogP contribution in [0.25, 0.3) is 0 Å². The van der Waals surface area contributed by atoms with E-state index >= 15 is 0 Å². The summed E-state index contributed by atoms with van der Waals surface area (Å²) in [6, 6.07) is 0. The predicted octanol–water partition coefficient (Wildman–Crippen LogP) is 3.58. The van der Waals surface area contributed by atoms with E-state index in [1.54, 1.807) is 0 Å². The van der Waals surface area contributed by atoms with Crippen LogP contribution in [0.2, 0.25) is 0 Å². The van der Waals surface area contributed by atoms with Crippen LogP contribution in [0.1, 0.15) is 60.8 Å². The van der Waals surface area contributed by atoms with E-state index in [4.69, 9.17) is 9.47 Å². The molecular weight excluding hydrogens is 280 g/mol. The lowest BCUT2D eigenvalue weighted by Gasteiger charge is -2.33. The third kappa shape index (κ3) is 2.77. The third-order valence-corrected chi connectivity index (χ3v) is 5.97. The van der Waals surface area contributed by atoms with Gasteiger partial charge in [0.15, 0.2) is 0 Å². The Labute approximate surface area is 133 Å². The summed E-state index contributed by atoms with van der Waals surface area (Å²) in [6.07, 6.45) is 2.11. The van der Waals surface area contributed by atoms with Gasteiger partial charge in [-0.1, -0.05) is 41.0 Å². The monoisotopic (exact) mass is 310 g/mol. The highest BCUT2D eigenvalue weighted by Gasteiger charge is 2.55. The molecule has 0 aromatic rings. The molecule has 0 aromatic carbocycles. The van der Waals surface area contributed by atoms with Gasteiger partial charge in [0.1, 0.15) is 12.2 Å². The molecule has 4 nitrogen and oxygen atoms in total. The van der Waals surface area contributed by atoms with Gasteiger partial charge in [-0.25, -0.2) is 0 Å². The summed E-state index contributed by atoms with van der Waals surface area (Å²) in [6.45, 7) is 12.2. The van der Waals surface area contributed by atoms with E-state index in [0.717, 1.165) is 19.3 Å². The molecule has 0 spiro atoms. The number of hydrogen-bond acceptors (Lipinski definition) is 4. The minimum absolute atomic E-state index is 0.0803. The van der Waals surface area contributed by atoms with Crippen molar-refractivity contribution in [1.82, 2.24) is 0 Å².